The predicted octanol–water partition coefficient (Wildman–Crippen LogP) is 0.815. The van der Waals surface area contributed by atoms with Gasteiger partial charge in [-0.1, -0.05) is 6.07 Å². The molecular weight excluding hydrogens is 223 g/mol. The zero-order chi connectivity index (χ0) is 12.4. The van der Waals surface area contributed by atoms with Gasteiger partial charge in [0.05, 0.1) is 12.6 Å². The Bertz CT molecular complexity index is 435. The van der Waals surface area contributed by atoms with Gasteiger partial charge >= 0.3 is 0 Å². The molecule has 0 bridgehead atoms. The molecule has 0 radical (unpaired) electrons. The fourth-order valence-electron chi connectivity index (χ4n) is 2.06. The van der Waals surface area contributed by atoms with Crippen LogP contribution in [0.1, 0.15) is 18.6 Å². The van der Waals surface area contributed by atoms with Gasteiger partial charge < -0.3 is 15.3 Å². The highest BCUT2D eigenvalue weighted by atomic mass is 19.1. The summed E-state index contributed by atoms with van der Waals surface area (Å²) < 4.78 is 13.7. The van der Waals surface area contributed by atoms with Crippen molar-refractivity contribution in [3.63, 3.8) is 0 Å². The SMILES string of the molecule is CC(O)c1c(F)cccc1N1CCNC(=O)C1. The molecule has 1 aliphatic rings. The maximum Gasteiger partial charge on any atom is 0.239 e. The third-order valence-electron chi connectivity index (χ3n) is 2.83. The quantitative estimate of drug-likeness (QED) is 0.802. The molecule has 2 rings (SSSR count). The van der Waals surface area contributed by atoms with Gasteiger partial charge in [0.1, 0.15) is 5.82 Å². The highest BCUT2D eigenvalue weighted by Gasteiger charge is 2.22. The Kier molecular flexibility index (Phi) is 3.28. The first-order valence-corrected chi connectivity index (χ1v) is 5.57. The molecule has 0 saturated carbocycles. The van der Waals surface area contributed by atoms with Gasteiger partial charge in [-0.3, -0.25) is 4.79 Å². The van der Waals surface area contributed by atoms with E-state index in [0.29, 0.717) is 18.8 Å². The van der Waals surface area contributed by atoms with Crippen LogP contribution in [0.2, 0.25) is 0 Å². The monoisotopic (exact) mass is 238 g/mol. The molecule has 1 aliphatic heterocycles. The van der Waals surface area contributed by atoms with Crippen molar-refractivity contribution in [3.05, 3.63) is 29.6 Å². The number of amides is 1. The molecular formula is C12H15FN2O2. The van der Waals surface area contributed by atoms with E-state index in [1.54, 1.807) is 17.0 Å². The number of rotatable bonds is 2. The minimum Gasteiger partial charge on any atom is -0.389 e. The Morgan fingerprint density at radius 2 is 2.29 bits per heavy atom. The molecule has 1 saturated heterocycles. The Morgan fingerprint density at radius 1 is 1.53 bits per heavy atom. The second-order valence-corrected chi connectivity index (χ2v) is 4.12. The zero-order valence-corrected chi connectivity index (χ0v) is 9.61. The van der Waals surface area contributed by atoms with Crippen LogP contribution in [0.4, 0.5) is 10.1 Å². The first-order chi connectivity index (χ1) is 8.09. The highest BCUT2D eigenvalue weighted by molar-refractivity contribution is 5.83. The van der Waals surface area contributed by atoms with Gasteiger partial charge in [-0.25, -0.2) is 4.39 Å². The van der Waals surface area contributed by atoms with Crippen LogP contribution in [0.5, 0.6) is 0 Å². The van der Waals surface area contributed by atoms with Crippen molar-refractivity contribution in [2.45, 2.75) is 13.0 Å². The Labute approximate surface area is 99.0 Å². The molecule has 17 heavy (non-hydrogen) atoms. The fraction of sp³-hybridized carbons (Fsp3) is 0.417. The van der Waals surface area contributed by atoms with Crippen molar-refractivity contribution in [2.75, 3.05) is 24.5 Å². The van der Waals surface area contributed by atoms with E-state index in [0.717, 1.165) is 0 Å². The number of nitrogens with one attached hydrogen (secondary N) is 1. The summed E-state index contributed by atoms with van der Waals surface area (Å²) in [6, 6.07) is 4.63. The zero-order valence-electron chi connectivity index (χ0n) is 9.61. The van der Waals surface area contributed by atoms with E-state index in [4.69, 9.17) is 0 Å². The van der Waals surface area contributed by atoms with Crippen LogP contribution in [0, 0.1) is 5.82 Å². The van der Waals surface area contributed by atoms with Crippen molar-refractivity contribution in [2.24, 2.45) is 0 Å². The summed E-state index contributed by atoms with van der Waals surface area (Å²) in [5.41, 5.74) is 0.844. The van der Waals surface area contributed by atoms with Gasteiger partial charge in [-0.2, -0.15) is 0 Å². The highest BCUT2D eigenvalue weighted by Crippen LogP contribution is 2.29. The summed E-state index contributed by atoms with van der Waals surface area (Å²) in [6.07, 6.45) is -0.892. The van der Waals surface area contributed by atoms with Crippen LogP contribution < -0.4 is 10.2 Å². The topological polar surface area (TPSA) is 52.6 Å². The number of aliphatic hydroxyl groups is 1. The molecule has 1 atom stereocenters. The molecule has 1 aromatic rings. The standard InChI is InChI=1S/C12H15FN2O2/c1-8(16)12-9(13)3-2-4-10(12)15-6-5-14-11(17)7-15/h2-4,8,16H,5-7H2,1H3,(H,14,17). The van der Waals surface area contributed by atoms with E-state index >= 15 is 0 Å². The number of hydrogen-bond acceptors (Lipinski definition) is 3. The maximum absolute atomic E-state index is 13.7. The largest absolute Gasteiger partial charge is 0.389 e. The van der Waals surface area contributed by atoms with Gasteiger partial charge in [0.15, 0.2) is 0 Å². The Balaban J connectivity index is 2.37. The van der Waals surface area contributed by atoms with Gasteiger partial charge in [-0.15, -0.1) is 0 Å². The molecule has 1 heterocycles. The number of hydrogen-bond donors (Lipinski definition) is 2. The van der Waals surface area contributed by atoms with Crippen LogP contribution in [-0.2, 0) is 4.79 Å². The molecule has 92 valence electrons. The number of benzene rings is 1. The molecule has 1 fully saturated rings. The van der Waals surface area contributed by atoms with E-state index in [-0.39, 0.29) is 18.0 Å². The summed E-state index contributed by atoms with van der Waals surface area (Å²) in [7, 11) is 0. The smallest absolute Gasteiger partial charge is 0.239 e. The van der Waals surface area contributed by atoms with Crippen molar-refractivity contribution < 1.29 is 14.3 Å². The van der Waals surface area contributed by atoms with E-state index in [1.807, 2.05) is 0 Å². The molecule has 1 unspecified atom stereocenters. The summed E-state index contributed by atoms with van der Waals surface area (Å²) in [6.45, 7) is 2.87. The maximum atomic E-state index is 13.7. The Morgan fingerprint density at radius 3 is 2.94 bits per heavy atom. The van der Waals surface area contributed by atoms with E-state index in [9.17, 15) is 14.3 Å². The molecule has 1 amide bonds. The first kappa shape index (κ1) is 11.9. The van der Waals surface area contributed by atoms with Crippen molar-refractivity contribution >= 4 is 11.6 Å². The second kappa shape index (κ2) is 4.71. The molecule has 0 aliphatic carbocycles. The molecule has 0 spiro atoms. The minimum absolute atomic E-state index is 0.0861. The van der Waals surface area contributed by atoms with Gasteiger partial charge in [0.25, 0.3) is 0 Å². The summed E-state index contributed by atoms with van der Waals surface area (Å²) in [5, 5.41) is 12.3. The predicted molar refractivity (Wildman–Crippen MR) is 62.3 cm³/mol. The lowest BCUT2D eigenvalue weighted by molar-refractivity contribution is -0.120. The van der Waals surface area contributed by atoms with E-state index in [2.05, 4.69) is 5.32 Å². The third kappa shape index (κ3) is 2.39. The fourth-order valence-corrected chi connectivity index (χ4v) is 2.06. The van der Waals surface area contributed by atoms with E-state index in [1.165, 1.54) is 13.0 Å². The van der Waals surface area contributed by atoms with Crippen LogP contribution in [0.25, 0.3) is 0 Å². The summed E-state index contributed by atoms with van der Waals surface area (Å²) in [4.78, 5) is 13.1. The molecule has 1 aromatic carbocycles. The van der Waals surface area contributed by atoms with Crippen LogP contribution in [-0.4, -0.2) is 30.6 Å². The number of carbonyl (C=O) groups is 1. The molecule has 5 heteroatoms. The number of halogens is 1. The van der Waals surface area contributed by atoms with Crippen LogP contribution in [0.3, 0.4) is 0 Å². The van der Waals surface area contributed by atoms with Crippen molar-refractivity contribution in [1.82, 2.24) is 5.32 Å². The normalized spacial score (nSPS) is 17.8. The average molecular weight is 238 g/mol. The lowest BCUT2D eigenvalue weighted by Gasteiger charge is -2.31. The van der Waals surface area contributed by atoms with Crippen molar-refractivity contribution in [1.29, 1.82) is 0 Å². The summed E-state index contributed by atoms with van der Waals surface area (Å²) >= 11 is 0. The first-order valence-electron chi connectivity index (χ1n) is 5.57. The number of nitrogens with zero attached hydrogens (tertiary/aromatic N) is 1. The number of anilines is 1. The Hall–Kier alpha value is -1.62. The van der Waals surface area contributed by atoms with Crippen LogP contribution >= 0.6 is 0 Å². The second-order valence-electron chi connectivity index (χ2n) is 4.12. The van der Waals surface area contributed by atoms with Gasteiger partial charge in [0, 0.05) is 24.3 Å². The van der Waals surface area contributed by atoms with Crippen LogP contribution in [0.15, 0.2) is 18.2 Å². The van der Waals surface area contributed by atoms with Gasteiger partial charge in [0.2, 0.25) is 5.91 Å². The van der Waals surface area contributed by atoms with E-state index < -0.39 is 11.9 Å². The average Bonchev–Trinajstić information content (AvgIpc) is 2.28. The number of piperazine rings is 1. The lowest BCUT2D eigenvalue weighted by atomic mass is 10.1. The third-order valence-corrected chi connectivity index (χ3v) is 2.83. The van der Waals surface area contributed by atoms with Gasteiger partial charge in [-0.05, 0) is 19.1 Å². The van der Waals surface area contributed by atoms with Crippen molar-refractivity contribution in [3.8, 4) is 0 Å². The molecule has 0 aromatic heterocycles. The lowest BCUT2D eigenvalue weighted by Crippen LogP contribution is -2.48. The number of aliphatic hydroxyl groups excluding tert-OH is 1. The molecule has 4 nitrogen and oxygen atoms in total. The summed E-state index contributed by atoms with van der Waals surface area (Å²) in [5.74, 6) is -0.527. The minimum atomic E-state index is -0.892. The number of carbonyl (C=O) groups excluding carboxylic acids is 1. The molecule has 2 N–H and O–H groups in total.